The molecule has 1 unspecified atom stereocenters. The summed E-state index contributed by atoms with van der Waals surface area (Å²) >= 11 is 0. The Bertz CT molecular complexity index is 433. The maximum atomic E-state index is 12.8. The first-order chi connectivity index (χ1) is 10.00. The van der Waals surface area contributed by atoms with Crippen LogP contribution in [0.15, 0.2) is 0 Å². The molecule has 0 aromatic rings. The van der Waals surface area contributed by atoms with Crippen LogP contribution in [0.4, 0.5) is 0 Å². The van der Waals surface area contributed by atoms with Crippen LogP contribution in [0.25, 0.3) is 0 Å². The highest BCUT2D eigenvalue weighted by molar-refractivity contribution is 5.98. The Balaban J connectivity index is 1.71. The van der Waals surface area contributed by atoms with Gasteiger partial charge in [-0.3, -0.25) is 14.5 Å². The van der Waals surface area contributed by atoms with E-state index in [1.54, 1.807) is 4.90 Å². The Morgan fingerprint density at radius 3 is 2.62 bits per heavy atom. The van der Waals surface area contributed by atoms with Gasteiger partial charge in [0.05, 0.1) is 6.54 Å². The monoisotopic (exact) mass is 294 g/mol. The average molecular weight is 294 g/mol. The van der Waals surface area contributed by atoms with Gasteiger partial charge in [0, 0.05) is 32.2 Å². The smallest absolute Gasteiger partial charge is 0.248 e. The van der Waals surface area contributed by atoms with Gasteiger partial charge >= 0.3 is 0 Å². The number of hydrogen-bond acceptors (Lipinski definition) is 4. The molecule has 118 valence electrons. The normalized spacial score (nSPS) is 31.0. The van der Waals surface area contributed by atoms with E-state index in [0.717, 1.165) is 45.3 Å². The largest absolute Gasteiger partial charge is 0.340 e. The quantitative estimate of drug-likeness (QED) is 0.746. The SMILES string of the molecule is CN1CCN(C)C(CN2CC(=O)NC3(CCCC3)C2=O)C1. The van der Waals surface area contributed by atoms with Crippen LogP contribution in [-0.4, -0.2) is 84.9 Å². The number of rotatable bonds is 2. The van der Waals surface area contributed by atoms with Crippen LogP contribution in [0, 0.1) is 0 Å². The van der Waals surface area contributed by atoms with Gasteiger partial charge in [0.15, 0.2) is 0 Å². The lowest BCUT2D eigenvalue weighted by atomic mass is 9.92. The molecule has 1 saturated carbocycles. The van der Waals surface area contributed by atoms with Gasteiger partial charge in [-0.05, 0) is 26.9 Å². The number of amides is 2. The molecule has 6 nitrogen and oxygen atoms in total. The van der Waals surface area contributed by atoms with Crippen molar-refractivity contribution in [1.29, 1.82) is 0 Å². The van der Waals surface area contributed by atoms with Crippen molar-refractivity contribution >= 4 is 11.8 Å². The number of nitrogens with zero attached hydrogens (tertiary/aromatic N) is 3. The van der Waals surface area contributed by atoms with Crippen LogP contribution in [0.5, 0.6) is 0 Å². The van der Waals surface area contributed by atoms with Crippen LogP contribution in [0.1, 0.15) is 25.7 Å². The average Bonchev–Trinajstić information content (AvgIpc) is 2.89. The van der Waals surface area contributed by atoms with Gasteiger partial charge in [0.1, 0.15) is 5.54 Å². The summed E-state index contributed by atoms with van der Waals surface area (Å²) in [5, 5.41) is 2.97. The molecule has 3 aliphatic rings. The molecule has 1 spiro atoms. The molecular weight excluding hydrogens is 268 g/mol. The van der Waals surface area contributed by atoms with E-state index in [1.807, 2.05) is 0 Å². The summed E-state index contributed by atoms with van der Waals surface area (Å²) in [6, 6.07) is 0.317. The zero-order chi connectivity index (χ0) is 15.0. The third-order valence-electron chi connectivity index (χ3n) is 5.28. The molecule has 0 aromatic carbocycles. The minimum atomic E-state index is -0.589. The molecule has 2 amide bonds. The predicted molar refractivity (Wildman–Crippen MR) is 79.8 cm³/mol. The molecule has 3 rings (SSSR count). The highest BCUT2D eigenvalue weighted by Gasteiger charge is 2.48. The second kappa shape index (κ2) is 5.57. The first-order valence-corrected chi connectivity index (χ1v) is 7.99. The van der Waals surface area contributed by atoms with E-state index >= 15 is 0 Å². The standard InChI is InChI=1S/C15H26N4O2/c1-17-7-8-18(2)12(9-17)10-19-11-13(20)16-15(14(19)21)5-3-4-6-15/h12H,3-11H2,1-2H3,(H,16,20). The Kier molecular flexibility index (Phi) is 3.92. The van der Waals surface area contributed by atoms with E-state index in [2.05, 4.69) is 29.2 Å². The number of nitrogens with one attached hydrogen (secondary N) is 1. The molecule has 0 aromatic heterocycles. The van der Waals surface area contributed by atoms with Crippen molar-refractivity contribution in [2.75, 3.05) is 46.8 Å². The van der Waals surface area contributed by atoms with Gasteiger partial charge in [-0.15, -0.1) is 0 Å². The Morgan fingerprint density at radius 1 is 1.19 bits per heavy atom. The van der Waals surface area contributed by atoms with Gasteiger partial charge in [-0.1, -0.05) is 12.8 Å². The molecule has 2 saturated heterocycles. The zero-order valence-corrected chi connectivity index (χ0v) is 13.1. The highest BCUT2D eigenvalue weighted by Crippen LogP contribution is 2.33. The van der Waals surface area contributed by atoms with Crippen molar-refractivity contribution in [1.82, 2.24) is 20.0 Å². The maximum absolute atomic E-state index is 12.8. The summed E-state index contributed by atoms with van der Waals surface area (Å²) in [6.45, 7) is 3.91. The van der Waals surface area contributed by atoms with E-state index in [9.17, 15) is 9.59 Å². The Labute approximate surface area is 126 Å². The zero-order valence-electron chi connectivity index (χ0n) is 13.1. The predicted octanol–water partition coefficient (Wildman–Crippen LogP) is -0.497. The summed E-state index contributed by atoms with van der Waals surface area (Å²) in [5.41, 5.74) is -0.589. The van der Waals surface area contributed by atoms with Gasteiger partial charge in [-0.25, -0.2) is 0 Å². The fourth-order valence-electron chi connectivity index (χ4n) is 3.93. The van der Waals surface area contributed by atoms with Crippen molar-refractivity contribution in [3.63, 3.8) is 0 Å². The molecule has 1 atom stereocenters. The molecule has 3 fully saturated rings. The fraction of sp³-hybridized carbons (Fsp3) is 0.867. The van der Waals surface area contributed by atoms with Crippen molar-refractivity contribution in [3.05, 3.63) is 0 Å². The molecule has 2 heterocycles. The first-order valence-electron chi connectivity index (χ1n) is 7.99. The van der Waals surface area contributed by atoms with Crippen molar-refractivity contribution in [3.8, 4) is 0 Å². The lowest BCUT2D eigenvalue weighted by Crippen LogP contribution is -2.67. The van der Waals surface area contributed by atoms with Gasteiger partial charge in [-0.2, -0.15) is 0 Å². The summed E-state index contributed by atoms with van der Waals surface area (Å²) in [7, 11) is 4.22. The van der Waals surface area contributed by atoms with Crippen molar-refractivity contribution in [2.45, 2.75) is 37.3 Å². The van der Waals surface area contributed by atoms with E-state index in [-0.39, 0.29) is 18.4 Å². The van der Waals surface area contributed by atoms with E-state index in [1.165, 1.54) is 0 Å². The van der Waals surface area contributed by atoms with Gasteiger partial charge in [0.2, 0.25) is 11.8 Å². The molecule has 1 aliphatic carbocycles. The van der Waals surface area contributed by atoms with Crippen LogP contribution < -0.4 is 5.32 Å². The minimum absolute atomic E-state index is 0.00307. The number of hydrogen-bond donors (Lipinski definition) is 1. The second-order valence-corrected chi connectivity index (χ2v) is 6.92. The van der Waals surface area contributed by atoms with Crippen molar-refractivity contribution < 1.29 is 9.59 Å². The van der Waals surface area contributed by atoms with Gasteiger partial charge in [0.25, 0.3) is 0 Å². The van der Waals surface area contributed by atoms with Gasteiger partial charge < -0.3 is 15.1 Å². The summed E-state index contributed by atoms with van der Waals surface area (Å²) < 4.78 is 0. The first kappa shape index (κ1) is 14.8. The van der Waals surface area contributed by atoms with E-state index in [0.29, 0.717) is 12.6 Å². The molecule has 21 heavy (non-hydrogen) atoms. The lowest BCUT2D eigenvalue weighted by molar-refractivity contribution is -0.150. The lowest BCUT2D eigenvalue weighted by Gasteiger charge is -2.44. The van der Waals surface area contributed by atoms with E-state index < -0.39 is 5.54 Å². The summed E-state index contributed by atoms with van der Waals surface area (Å²) in [4.78, 5) is 31.3. The fourth-order valence-corrected chi connectivity index (χ4v) is 3.93. The topological polar surface area (TPSA) is 55.9 Å². The minimum Gasteiger partial charge on any atom is -0.340 e. The maximum Gasteiger partial charge on any atom is 0.248 e. The van der Waals surface area contributed by atoms with E-state index in [4.69, 9.17) is 0 Å². The van der Waals surface area contributed by atoms with Crippen LogP contribution >= 0.6 is 0 Å². The van der Waals surface area contributed by atoms with Crippen LogP contribution in [0.3, 0.4) is 0 Å². The highest BCUT2D eigenvalue weighted by atomic mass is 16.2. The number of piperazine rings is 2. The molecular formula is C15H26N4O2. The molecule has 0 bridgehead atoms. The van der Waals surface area contributed by atoms with Crippen LogP contribution in [-0.2, 0) is 9.59 Å². The number of likely N-dealkylation sites (N-methyl/N-ethyl adjacent to an activating group) is 2. The molecule has 1 N–H and O–H groups in total. The third kappa shape index (κ3) is 2.79. The number of carbonyl (C=O) groups excluding carboxylic acids is 2. The summed E-state index contributed by atoms with van der Waals surface area (Å²) in [5.74, 6) is 0.143. The Morgan fingerprint density at radius 2 is 1.90 bits per heavy atom. The third-order valence-corrected chi connectivity index (χ3v) is 5.28. The van der Waals surface area contributed by atoms with Crippen molar-refractivity contribution in [2.24, 2.45) is 0 Å². The molecule has 0 radical (unpaired) electrons. The van der Waals surface area contributed by atoms with Crippen LogP contribution in [0.2, 0.25) is 0 Å². The second-order valence-electron chi connectivity index (χ2n) is 6.92. The molecule has 2 aliphatic heterocycles. The number of carbonyl (C=O) groups is 2. The summed E-state index contributed by atoms with van der Waals surface area (Å²) in [6.07, 6.45) is 3.67. The Hall–Kier alpha value is -1.14. The molecule has 6 heteroatoms.